The maximum absolute atomic E-state index is 11.2. The van der Waals surface area contributed by atoms with Crippen LogP contribution in [0.15, 0.2) is 48.8 Å². The Bertz CT molecular complexity index is 1110. The first-order chi connectivity index (χ1) is 15.0. The van der Waals surface area contributed by atoms with E-state index in [2.05, 4.69) is 31.7 Å². The van der Waals surface area contributed by atoms with Gasteiger partial charge in [0.05, 0.1) is 34.1 Å². The molecule has 0 bridgehead atoms. The average Bonchev–Trinajstić information content (AvgIpc) is 2.81. The van der Waals surface area contributed by atoms with Gasteiger partial charge in [-0.25, -0.2) is 15.0 Å². The first-order valence-corrected chi connectivity index (χ1v) is 9.15. The summed E-state index contributed by atoms with van der Waals surface area (Å²) < 4.78 is 0. The molecular formula is C20H18N8O3. The molecule has 11 nitrogen and oxygen atoms in total. The topological polar surface area (TPSA) is 150 Å². The molecule has 0 saturated heterocycles. The van der Waals surface area contributed by atoms with Crippen molar-refractivity contribution in [2.75, 3.05) is 35.7 Å². The third kappa shape index (κ3) is 5.27. The summed E-state index contributed by atoms with van der Waals surface area (Å²) >= 11 is 0. The van der Waals surface area contributed by atoms with E-state index in [1.807, 2.05) is 0 Å². The summed E-state index contributed by atoms with van der Waals surface area (Å²) in [5.41, 5.74) is 2.25. The van der Waals surface area contributed by atoms with Crippen molar-refractivity contribution >= 4 is 29.6 Å². The van der Waals surface area contributed by atoms with Gasteiger partial charge >= 0.3 is 0 Å². The number of hydrogen-bond acceptors (Lipinski definition) is 9. The molecule has 0 aliphatic rings. The fourth-order valence-corrected chi connectivity index (χ4v) is 2.65. The van der Waals surface area contributed by atoms with E-state index in [0.717, 1.165) is 5.56 Å². The number of nitrogens with one attached hydrogen (secondary N) is 2. The van der Waals surface area contributed by atoms with E-state index in [1.165, 1.54) is 23.2 Å². The standard InChI is InChI=1S/C20H18N8O3/c1-27(13-29)17-12-25-20(26-19(17)15-4-2-14(10-21)3-5-15)23-9-8-22-18-7-6-16(11-24-18)28(30)31/h2-7,11-13H,8-9H2,1H3,(H,22,24)(H,23,25,26). The first kappa shape index (κ1) is 21.1. The van der Waals surface area contributed by atoms with Gasteiger partial charge in [0.1, 0.15) is 12.0 Å². The number of amides is 1. The molecule has 0 fully saturated rings. The highest BCUT2D eigenvalue weighted by molar-refractivity contribution is 5.84. The molecule has 11 heteroatoms. The Morgan fingerprint density at radius 1 is 1.13 bits per heavy atom. The number of nitriles is 1. The lowest BCUT2D eigenvalue weighted by Gasteiger charge is -2.16. The van der Waals surface area contributed by atoms with Crippen molar-refractivity contribution in [2.24, 2.45) is 0 Å². The molecular weight excluding hydrogens is 400 g/mol. The molecule has 0 unspecified atom stereocenters. The lowest BCUT2D eigenvalue weighted by Crippen LogP contribution is -2.18. The van der Waals surface area contributed by atoms with Crippen LogP contribution in [-0.4, -0.2) is 46.4 Å². The fraction of sp³-hybridized carbons (Fsp3) is 0.150. The van der Waals surface area contributed by atoms with Crippen LogP contribution >= 0.6 is 0 Å². The Balaban J connectivity index is 1.69. The van der Waals surface area contributed by atoms with Crippen LogP contribution < -0.4 is 15.5 Å². The third-order valence-electron chi connectivity index (χ3n) is 4.27. The highest BCUT2D eigenvalue weighted by Gasteiger charge is 2.13. The zero-order valence-electron chi connectivity index (χ0n) is 16.5. The minimum absolute atomic E-state index is 0.0761. The predicted octanol–water partition coefficient (Wildman–Crippen LogP) is 2.44. The van der Waals surface area contributed by atoms with Gasteiger partial charge in [-0.3, -0.25) is 14.9 Å². The molecule has 156 valence electrons. The van der Waals surface area contributed by atoms with Gasteiger partial charge in [0.15, 0.2) is 0 Å². The molecule has 31 heavy (non-hydrogen) atoms. The van der Waals surface area contributed by atoms with Gasteiger partial charge in [-0.2, -0.15) is 5.26 Å². The van der Waals surface area contributed by atoms with Crippen LogP contribution in [-0.2, 0) is 4.79 Å². The summed E-state index contributed by atoms with van der Waals surface area (Å²) in [5.74, 6) is 0.871. The first-order valence-electron chi connectivity index (χ1n) is 9.15. The van der Waals surface area contributed by atoms with Gasteiger partial charge < -0.3 is 15.5 Å². The molecule has 0 radical (unpaired) electrons. The Labute approximate surface area is 177 Å². The molecule has 0 spiro atoms. The normalized spacial score (nSPS) is 10.1. The van der Waals surface area contributed by atoms with Gasteiger partial charge in [0.2, 0.25) is 12.4 Å². The molecule has 0 atom stereocenters. The molecule has 0 saturated carbocycles. The predicted molar refractivity (Wildman–Crippen MR) is 115 cm³/mol. The number of carbonyl (C=O) groups is 1. The van der Waals surface area contributed by atoms with Crippen LogP contribution in [0.3, 0.4) is 0 Å². The number of carbonyl (C=O) groups excluding carboxylic acids is 1. The van der Waals surface area contributed by atoms with E-state index in [4.69, 9.17) is 5.26 Å². The van der Waals surface area contributed by atoms with Crippen LogP contribution in [0.25, 0.3) is 11.3 Å². The second-order valence-corrected chi connectivity index (χ2v) is 6.35. The van der Waals surface area contributed by atoms with Gasteiger partial charge in [-0.05, 0) is 18.2 Å². The number of anilines is 3. The molecule has 1 aromatic carbocycles. The Hall–Kier alpha value is -4.59. The number of rotatable bonds is 9. The number of hydrogen-bond donors (Lipinski definition) is 2. The monoisotopic (exact) mass is 418 g/mol. The van der Waals surface area contributed by atoms with Gasteiger partial charge in [-0.1, -0.05) is 12.1 Å². The minimum Gasteiger partial charge on any atom is -0.368 e. The smallest absolute Gasteiger partial charge is 0.287 e. The molecule has 2 aromatic heterocycles. The van der Waals surface area contributed by atoms with Crippen molar-refractivity contribution in [1.82, 2.24) is 15.0 Å². The largest absolute Gasteiger partial charge is 0.368 e. The van der Waals surface area contributed by atoms with Crippen LogP contribution in [0, 0.1) is 21.4 Å². The molecule has 3 rings (SSSR count). The zero-order chi connectivity index (χ0) is 22.2. The van der Waals surface area contributed by atoms with Gasteiger partial charge in [0, 0.05) is 31.8 Å². The van der Waals surface area contributed by atoms with Crippen molar-refractivity contribution in [2.45, 2.75) is 0 Å². The van der Waals surface area contributed by atoms with E-state index in [0.29, 0.717) is 48.2 Å². The third-order valence-corrected chi connectivity index (χ3v) is 4.27. The quantitative estimate of drug-likeness (QED) is 0.231. The molecule has 3 aromatic rings. The maximum Gasteiger partial charge on any atom is 0.287 e. The summed E-state index contributed by atoms with van der Waals surface area (Å²) in [6.07, 6.45) is 3.40. The van der Waals surface area contributed by atoms with Crippen LogP contribution in [0.4, 0.5) is 23.1 Å². The van der Waals surface area contributed by atoms with E-state index in [1.54, 1.807) is 37.5 Å². The van der Waals surface area contributed by atoms with Crippen molar-refractivity contribution in [1.29, 1.82) is 5.26 Å². The number of pyridine rings is 1. The zero-order valence-corrected chi connectivity index (χ0v) is 16.5. The number of benzene rings is 1. The minimum atomic E-state index is -0.507. The van der Waals surface area contributed by atoms with Crippen molar-refractivity contribution in [3.63, 3.8) is 0 Å². The van der Waals surface area contributed by atoms with E-state index >= 15 is 0 Å². The lowest BCUT2D eigenvalue weighted by atomic mass is 10.1. The highest BCUT2D eigenvalue weighted by Crippen LogP contribution is 2.28. The second kappa shape index (κ2) is 9.75. The van der Waals surface area contributed by atoms with Crippen molar-refractivity contribution in [3.05, 3.63) is 64.5 Å². The van der Waals surface area contributed by atoms with Crippen molar-refractivity contribution in [3.8, 4) is 17.3 Å². The highest BCUT2D eigenvalue weighted by atomic mass is 16.6. The number of aromatic nitrogens is 3. The van der Waals surface area contributed by atoms with Crippen LogP contribution in [0.2, 0.25) is 0 Å². The van der Waals surface area contributed by atoms with E-state index < -0.39 is 4.92 Å². The fourth-order valence-electron chi connectivity index (χ4n) is 2.65. The SMILES string of the molecule is CN(C=O)c1cnc(NCCNc2ccc([N+](=O)[O-])cn2)nc1-c1ccc(C#N)cc1. The summed E-state index contributed by atoms with van der Waals surface area (Å²) in [6.45, 7) is 0.921. The van der Waals surface area contributed by atoms with Crippen LogP contribution in [0.5, 0.6) is 0 Å². The van der Waals surface area contributed by atoms with Gasteiger partial charge in [0.25, 0.3) is 5.69 Å². The summed E-state index contributed by atoms with van der Waals surface area (Å²) in [7, 11) is 1.60. The van der Waals surface area contributed by atoms with Crippen molar-refractivity contribution < 1.29 is 9.72 Å². The summed E-state index contributed by atoms with van der Waals surface area (Å²) in [6, 6.07) is 11.8. The molecule has 2 N–H and O–H groups in total. The summed E-state index contributed by atoms with van der Waals surface area (Å²) in [4.78, 5) is 35.5. The number of nitro groups is 1. The molecule has 0 aliphatic heterocycles. The number of nitrogens with zero attached hydrogens (tertiary/aromatic N) is 6. The molecule has 1 amide bonds. The maximum atomic E-state index is 11.2. The summed E-state index contributed by atoms with van der Waals surface area (Å²) in [5, 5.41) is 25.8. The Kier molecular flexibility index (Phi) is 6.64. The molecule has 2 heterocycles. The average molecular weight is 418 g/mol. The Morgan fingerprint density at radius 3 is 2.48 bits per heavy atom. The molecule has 0 aliphatic carbocycles. The van der Waals surface area contributed by atoms with Gasteiger partial charge in [-0.15, -0.1) is 0 Å². The van der Waals surface area contributed by atoms with E-state index in [9.17, 15) is 14.9 Å². The Morgan fingerprint density at radius 2 is 1.87 bits per heavy atom. The second-order valence-electron chi connectivity index (χ2n) is 6.35. The van der Waals surface area contributed by atoms with Crippen LogP contribution in [0.1, 0.15) is 5.56 Å². The lowest BCUT2D eigenvalue weighted by molar-refractivity contribution is -0.385. The van der Waals surface area contributed by atoms with E-state index in [-0.39, 0.29) is 5.69 Å².